The smallest absolute Gasteiger partial charge is 0.175 e. The summed E-state index contributed by atoms with van der Waals surface area (Å²) in [5, 5.41) is 0. The van der Waals surface area contributed by atoms with Gasteiger partial charge in [0.15, 0.2) is 14.5 Å². The van der Waals surface area contributed by atoms with Crippen molar-refractivity contribution in [3.63, 3.8) is 0 Å². The molecule has 2 heterocycles. The maximum absolute atomic E-state index is 11.7. The fraction of sp³-hybridized carbons (Fsp3) is 1.00. The molecule has 2 fully saturated rings. The summed E-state index contributed by atoms with van der Waals surface area (Å²) in [4.78, 5) is 2.13. The number of ether oxygens (including phenoxy) is 1. The van der Waals surface area contributed by atoms with Crippen LogP contribution in [0.3, 0.4) is 0 Å². The van der Waals surface area contributed by atoms with Crippen molar-refractivity contribution in [2.75, 3.05) is 26.3 Å². The van der Waals surface area contributed by atoms with E-state index in [1.54, 1.807) is 13.8 Å². The van der Waals surface area contributed by atoms with Crippen LogP contribution >= 0.6 is 11.6 Å². The van der Waals surface area contributed by atoms with E-state index in [1.165, 1.54) is 0 Å². The molecule has 0 N–H and O–H groups in total. The van der Waals surface area contributed by atoms with Gasteiger partial charge in [-0.3, -0.25) is 4.90 Å². The Morgan fingerprint density at radius 3 is 2.33 bits per heavy atom. The highest BCUT2D eigenvalue weighted by molar-refractivity contribution is 7.96. The van der Waals surface area contributed by atoms with Crippen LogP contribution in [0.25, 0.3) is 0 Å². The second-order valence-corrected chi connectivity index (χ2v) is 7.97. The van der Waals surface area contributed by atoms with Gasteiger partial charge in [-0.1, -0.05) is 0 Å². The number of halogens is 1. The number of hydrogen-bond donors (Lipinski definition) is 0. The van der Waals surface area contributed by atoms with Crippen LogP contribution in [0.4, 0.5) is 0 Å². The minimum absolute atomic E-state index is 0.0759. The maximum Gasteiger partial charge on any atom is 0.175 e. The van der Waals surface area contributed by atoms with Gasteiger partial charge in [0.1, 0.15) is 0 Å². The lowest BCUT2D eigenvalue weighted by Gasteiger charge is -2.53. The first kappa shape index (κ1) is 11.6. The van der Waals surface area contributed by atoms with E-state index in [1.807, 2.05) is 0 Å². The Morgan fingerprint density at radius 1 is 1.33 bits per heavy atom. The highest BCUT2D eigenvalue weighted by Crippen LogP contribution is 2.45. The van der Waals surface area contributed by atoms with E-state index in [9.17, 15) is 8.42 Å². The standard InChI is InChI=1S/C9H16ClNO3S/c1-9(2)7(8(10)15(9,12)13)11-3-5-14-6-4-11/h7-8H,3-6H2,1-2H3/t7-,8+/m1/s1. The molecule has 0 unspecified atom stereocenters. The second kappa shape index (κ2) is 3.58. The van der Waals surface area contributed by atoms with Gasteiger partial charge in [0, 0.05) is 13.1 Å². The molecule has 2 rings (SSSR count). The first-order chi connectivity index (χ1) is 6.89. The van der Waals surface area contributed by atoms with Gasteiger partial charge in [0.2, 0.25) is 0 Å². The van der Waals surface area contributed by atoms with Gasteiger partial charge in [-0.2, -0.15) is 0 Å². The number of rotatable bonds is 1. The molecule has 2 atom stereocenters. The number of alkyl halides is 1. The van der Waals surface area contributed by atoms with Gasteiger partial charge < -0.3 is 4.74 Å². The Bertz CT molecular complexity index is 348. The van der Waals surface area contributed by atoms with Crippen molar-refractivity contribution in [1.82, 2.24) is 4.90 Å². The third-order valence-corrected chi connectivity index (χ3v) is 6.93. The van der Waals surface area contributed by atoms with Crippen molar-refractivity contribution in [3.05, 3.63) is 0 Å². The van der Waals surface area contributed by atoms with Crippen molar-refractivity contribution in [2.45, 2.75) is 29.3 Å². The predicted octanol–water partition coefficient (Wildman–Crippen LogP) is 0.459. The quantitative estimate of drug-likeness (QED) is 0.637. The number of morpholine rings is 1. The molecule has 0 aromatic carbocycles. The van der Waals surface area contributed by atoms with E-state index in [0.29, 0.717) is 13.2 Å². The van der Waals surface area contributed by atoms with Crippen molar-refractivity contribution in [2.24, 2.45) is 0 Å². The first-order valence-electron chi connectivity index (χ1n) is 5.08. The summed E-state index contributed by atoms with van der Waals surface area (Å²) < 4.78 is 27.2. The van der Waals surface area contributed by atoms with Crippen LogP contribution in [0.5, 0.6) is 0 Å². The molecular formula is C9H16ClNO3S. The van der Waals surface area contributed by atoms with Crippen LogP contribution in [0.15, 0.2) is 0 Å². The summed E-state index contributed by atoms with van der Waals surface area (Å²) in [5.74, 6) is 0. The lowest BCUT2D eigenvalue weighted by atomic mass is 10.0. The zero-order chi connectivity index (χ0) is 11.3. The molecule has 0 radical (unpaired) electrons. The third kappa shape index (κ3) is 1.52. The molecule has 2 aliphatic heterocycles. The number of sulfone groups is 1. The molecule has 0 aliphatic carbocycles. The fourth-order valence-corrected chi connectivity index (χ4v) is 5.40. The van der Waals surface area contributed by atoms with E-state index < -0.39 is 19.3 Å². The lowest BCUT2D eigenvalue weighted by molar-refractivity contribution is 0.00687. The molecule has 0 aromatic heterocycles. The zero-order valence-corrected chi connectivity index (χ0v) is 10.5. The molecule has 4 nitrogen and oxygen atoms in total. The summed E-state index contributed by atoms with van der Waals surface area (Å²) in [6.45, 7) is 6.37. The van der Waals surface area contributed by atoms with Gasteiger partial charge in [-0.15, -0.1) is 11.6 Å². The monoisotopic (exact) mass is 253 g/mol. The number of nitrogens with zero attached hydrogens (tertiary/aromatic N) is 1. The summed E-state index contributed by atoms with van der Waals surface area (Å²) >= 11 is 5.95. The van der Waals surface area contributed by atoms with E-state index >= 15 is 0 Å². The molecular weight excluding hydrogens is 238 g/mol. The van der Waals surface area contributed by atoms with Crippen molar-refractivity contribution in [3.8, 4) is 0 Å². The molecule has 15 heavy (non-hydrogen) atoms. The fourth-order valence-electron chi connectivity index (χ4n) is 2.33. The van der Waals surface area contributed by atoms with E-state index in [4.69, 9.17) is 16.3 Å². The summed E-state index contributed by atoms with van der Waals surface area (Å²) in [6, 6.07) is -0.0759. The van der Waals surface area contributed by atoms with Crippen LogP contribution in [0, 0.1) is 0 Å². The van der Waals surface area contributed by atoms with Crippen molar-refractivity contribution >= 4 is 21.4 Å². The SMILES string of the molecule is CC1(C)[C@H](N2CCOCC2)[C@@H](Cl)S1(=O)=O. The predicted molar refractivity (Wildman–Crippen MR) is 58.8 cm³/mol. The molecule has 6 heteroatoms. The molecule has 0 amide bonds. The van der Waals surface area contributed by atoms with Gasteiger partial charge in [-0.05, 0) is 13.8 Å². The zero-order valence-electron chi connectivity index (χ0n) is 8.94. The van der Waals surface area contributed by atoms with Gasteiger partial charge in [0.05, 0.1) is 24.0 Å². The average molecular weight is 254 g/mol. The van der Waals surface area contributed by atoms with Crippen molar-refractivity contribution in [1.29, 1.82) is 0 Å². The Labute approximate surface area is 95.4 Å². The van der Waals surface area contributed by atoms with Gasteiger partial charge >= 0.3 is 0 Å². The Kier molecular flexibility index (Phi) is 2.78. The summed E-state index contributed by atoms with van der Waals surface area (Å²) in [7, 11) is -3.15. The van der Waals surface area contributed by atoms with Gasteiger partial charge in [-0.25, -0.2) is 8.42 Å². The summed E-state index contributed by atoms with van der Waals surface area (Å²) in [6.07, 6.45) is 0. The second-order valence-electron chi connectivity index (χ2n) is 4.59. The molecule has 0 spiro atoms. The minimum Gasteiger partial charge on any atom is -0.379 e. The summed E-state index contributed by atoms with van der Waals surface area (Å²) in [5.41, 5.74) is 0. The molecule has 0 aromatic rings. The van der Waals surface area contributed by atoms with Crippen LogP contribution < -0.4 is 0 Å². The lowest BCUT2D eigenvalue weighted by Crippen LogP contribution is -2.71. The third-order valence-electron chi connectivity index (χ3n) is 3.43. The van der Waals surface area contributed by atoms with E-state index in [0.717, 1.165) is 13.1 Å². The average Bonchev–Trinajstić information content (AvgIpc) is 2.19. The number of hydrogen-bond acceptors (Lipinski definition) is 4. The van der Waals surface area contributed by atoms with Crippen LogP contribution in [0.2, 0.25) is 0 Å². The Balaban J connectivity index is 2.17. The highest BCUT2D eigenvalue weighted by atomic mass is 35.5. The molecule has 2 aliphatic rings. The van der Waals surface area contributed by atoms with E-state index in [2.05, 4.69) is 4.90 Å². The maximum atomic E-state index is 11.7. The van der Waals surface area contributed by atoms with E-state index in [-0.39, 0.29) is 6.04 Å². The first-order valence-corrected chi connectivity index (χ1v) is 7.06. The van der Waals surface area contributed by atoms with Crippen molar-refractivity contribution < 1.29 is 13.2 Å². The van der Waals surface area contributed by atoms with Crippen LogP contribution in [-0.2, 0) is 14.6 Å². The topological polar surface area (TPSA) is 46.6 Å². The normalized spacial score (nSPS) is 39.7. The largest absolute Gasteiger partial charge is 0.379 e. The van der Waals surface area contributed by atoms with Crippen LogP contribution in [-0.4, -0.2) is 55.1 Å². The Hall–Kier alpha value is 0.160. The Morgan fingerprint density at radius 2 is 1.87 bits per heavy atom. The minimum atomic E-state index is -3.15. The molecule has 88 valence electrons. The van der Waals surface area contributed by atoms with Crippen LogP contribution in [0.1, 0.15) is 13.8 Å². The molecule has 2 saturated heterocycles. The molecule has 0 bridgehead atoms. The van der Waals surface area contributed by atoms with Gasteiger partial charge in [0.25, 0.3) is 0 Å². The molecule has 0 saturated carbocycles. The highest BCUT2D eigenvalue weighted by Gasteiger charge is 2.63.